The maximum absolute atomic E-state index is 13.1. The molecule has 1 N–H and O–H groups in total. The van der Waals surface area contributed by atoms with Crippen LogP contribution in [0.5, 0.6) is 0 Å². The Morgan fingerprint density at radius 3 is 2.27 bits per heavy atom. The first-order chi connectivity index (χ1) is 10.3. The number of sulfonamides is 1. The third-order valence-electron chi connectivity index (χ3n) is 2.53. The van der Waals surface area contributed by atoms with Gasteiger partial charge in [-0.3, -0.25) is 4.72 Å². The summed E-state index contributed by atoms with van der Waals surface area (Å²) in [6.45, 7) is 0. The van der Waals surface area contributed by atoms with Crippen LogP contribution in [0.25, 0.3) is 0 Å². The summed E-state index contributed by atoms with van der Waals surface area (Å²) in [7, 11) is -3.94. The average molecular weight is 368 g/mol. The van der Waals surface area contributed by atoms with Gasteiger partial charge < -0.3 is 0 Å². The minimum atomic E-state index is -3.94. The van der Waals surface area contributed by atoms with E-state index in [-0.39, 0.29) is 15.6 Å². The standard InChI is InChI=1S/C13H9ClF3NO2S2/c14-11-7-10(5-6-12(11)15)22(19,20)18-8-1-3-9(4-2-8)21-13(16)17/h1-7,13,18H. The number of rotatable bonds is 5. The van der Waals surface area contributed by atoms with E-state index in [1.807, 2.05) is 0 Å². The molecule has 0 aliphatic heterocycles. The summed E-state index contributed by atoms with van der Waals surface area (Å²) in [5.74, 6) is -3.28. The Bertz CT molecular complexity index is 767. The highest BCUT2D eigenvalue weighted by atomic mass is 35.5. The minimum absolute atomic E-state index is 0.194. The molecule has 0 amide bonds. The van der Waals surface area contributed by atoms with Crippen LogP contribution in [0, 0.1) is 5.82 Å². The highest BCUT2D eigenvalue weighted by Crippen LogP contribution is 2.27. The van der Waals surface area contributed by atoms with E-state index in [0.29, 0.717) is 16.7 Å². The molecule has 0 bridgehead atoms. The van der Waals surface area contributed by atoms with Crippen LogP contribution < -0.4 is 4.72 Å². The van der Waals surface area contributed by atoms with E-state index in [2.05, 4.69) is 4.72 Å². The molecule has 2 aromatic rings. The molecular formula is C13H9ClF3NO2S2. The second kappa shape index (κ2) is 6.80. The van der Waals surface area contributed by atoms with Crippen LogP contribution in [0.2, 0.25) is 5.02 Å². The van der Waals surface area contributed by atoms with Gasteiger partial charge in [0.05, 0.1) is 9.92 Å². The van der Waals surface area contributed by atoms with Gasteiger partial charge >= 0.3 is 0 Å². The zero-order valence-corrected chi connectivity index (χ0v) is 13.2. The largest absolute Gasteiger partial charge is 0.288 e. The number of thioether (sulfide) groups is 1. The predicted octanol–water partition coefficient (Wildman–Crippen LogP) is 4.59. The molecule has 0 heterocycles. The third-order valence-corrected chi connectivity index (χ3v) is 4.92. The van der Waals surface area contributed by atoms with Crippen molar-refractivity contribution in [3.05, 3.63) is 53.3 Å². The van der Waals surface area contributed by atoms with Crippen LogP contribution in [0.1, 0.15) is 0 Å². The fourth-order valence-corrected chi connectivity index (χ4v) is 3.39. The van der Waals surface area contributed by atoms with Crippen molar-refractivity contribution >= 4 is 39.1 Å². The van der Waals surface area contributed by atoms with E-state index >= 15 is 0 Å². The zero-order chi connectivity index (χ0) is 16.3. The molecule has 0 radical (unpaired) electrons. The van der Waals surface area contributed by atoms with Crippen molar-refractivity contribution < 1.29 is 21.6 Å². The highest BCUT2D eigenvalue weighted by molar-refractivity contribution is 7.99. The Kier molecular flexibility index (Phi) is 5.25. The molecule has 3 nitrogen and oxygen atoms in total. The maximum Gasteiger partial charge on any atom is 0.288 e. The van der Waals surface area contributed by atoms with Gasteiger partial charge in [-0.2, -0.15) is 8.78 Å². The van der Waals surface area contributed by atoms with Gasteiger partial charge in [0.1, 0.15) is 5.82 Å². The average Bonchev–Trinajstić information content (AvgIpc) is 2.43. The fraction of sp³-hybridized carbons (Fsp3) is 0.0769. The molecule has 0 unspecified atom stereocenters. The Labute approximate surface area is 134 Å². The number of alkyl halides is 2. The second-order valence-electron chi connectivity index (χ2n) is 4.08. The lowest BCUT2D eigenvalue weighted by Crippen LogP contribution is -2.13. The number of benzene rings is 2. The molecule has 0 fully saturated rings. The number of anilines is 1. The first-order valence-corrected chi connectivity index (χ1v) is 8.55. The van der Waals surface area contributed by atoms with Crippen molar-refractivity contribution in [1.29, 1.82) is 0 Å². The van der Waals surface area contributed by atoms with E-state index in [1.54, 1.807) is 0 Å². The maximum atomic E-state index is 13.1. The van der Waals surface area contributed by atoms with Crippen molar-refractivity contribution in [2.24, 2.45) is 0 Å². The normalized spacial score (nSPS) is 11.7. The van der Waals surface area contributed by atoms with Crippen LogP contribution in [-0.2, 0) is 10.0 Å². The van der Waals surface area contributed by atoms with E-state index < -0.39 is 21.6 Å². The summed E-state index contributed by atoms with van der Waals surface area (Å²) in [5, 5.41) is -0.313. The van der Waals surface area contributed by atoms with Crippen LogP contribution in [-0.4, -0.2) is 14.2 Å². The summed E-state index contributed by atoms with van der Waals surface area (Å²) in [5.41, 5.74) is 0.194. The fourth-order valence-electron chi connectivity index (χ4n) is 1.56. The van der Waals surface area contributed by atoms with Gasteiger partial charge in [-0.25, -0.2) is 12.8 Å². The Morgan fingerprint density at radius 2 is 1.73 bits per heavy atom. The van der Waals surface area contributed by atoms with Crippen LogP contribution in [0.15, 0.2) is 52.3 Å². The molecule has 0 saturated carbocycles. The van der Waals surface area contributed by atoms with Crippen LogP contribution in [0.4, 0.5) is 18.9 Å². The van der Waals surface area contributed by atoms with Crippen LogP contribution >= 0.6 is 23.4 Å². The molecule has 0 aliphatic carbocycles. The molecule has 0 atom stereocenters. The van der Waals surface area contributed by atoms with Gasteiger partial charge in [-0.15, -0.1) is 0 Å². The highest BCUT2D eigenvalue weighted by Gasteiger charge is 2.16. The SMILES string of the molecule is O=S(=O)(Nc1ccc(SC(F)F)cc1)c1ccc(F)c(Cl)c1. The van der Waals surface area contributed by atoms with Crippen molar-refractivity contribution in [3.63, 3.8) is 0 Å². The Hall–Kier alpha value is -1.38. The van der Waals surface area contributed by atoms with Crippen molar-refractivity contribution in [2.75, 3.05) is 4.72 Å². The molecule has 2 rings (SSSR count). The smallest absolute Gasteiger partial charge is 0.280 e. The first-order valence-electron chi connectivity index (χ1n) is 5.81. The minimum Gasteiger partial charge on any atom is -0.280 e. The molecule has 0 spiro atoms. The van der Waals surface area contributed by atoms with Gasteiger partial charge in [-0.1, -0.05) is 23.4 Å². The predicted molar refractivity (Wildman–Crippen MR) is 80.5 cm³/mol. The topological polar surface area (TPSA) is 46.2 Å². The van der Waals surface area contributed by atoms with Gasteiger partial charge in [0.2, 0.25) is 0 Å². The number of nitrogens with one attached hydrogen (secondary N) is 1. The Morgan fingerprint density at radius 1 is 1.09 bits per heavy atom. The molecule has 118 valence electrons. The lowest BCUT2D eigenvalue weighted by Gasteiger charge is -2.09. The van der Waals surface area contributed by atoms with Gasteiger partial charge in [0, 0.05) is 10.6 Å². The van der Waals surface area contributed by atoms with E-state index in [4.69, 9.17) is 11.6 Å². The third kappa shape index (κ3) is 4.31. The Balaban J connectivity index is 2.19. The first kappa shape index (κ1) is 17.0. The van der Waals surface area contributed by atoms with Crippen molar-refractivity contribution in [3.8, 4) is 0 Å². The lowest BCUT2D eigenvalue weighted by molar-refractivity contribution is 0.252. The molecule has 9 heteroatoms. The lowest BCUT2D eigenvalue weighted by atomic mass is 10.3. The molecule has 2 aromatic carbocycles. The second-order valence-corrected chi connectivity index (χ2v) is 7.24. The van der Waals surface area contributed by atoms with E-state index in [9.17, 15) is 21.6 Å². The monoisotopic (exact) mass is 367 g/mol. The number of hydrogen-bond acceptors (Lipinski definition) is 3. The number of halogens is 4. The van der Waals surface area contributed by atoms with Gasteiger partial charge in [-0.05, 0) is 42.5 Å². The molecule has 0 saturated heterocycles. The zero-order valence-electron chi connectivity index (χ0n) is 10.8. The van der Waals surface area contributed by atoms with E-state index in [1.165, 1.54) is 24.3 Å². The molecule has 22 heavy (non-hydrogen) atoms. The summed E-state index contributed by atoms with van der Waals surface area (Å²) >= 11 is 5.91. The van der Waals surface area contributed by atoms with Gasteiger partial charge in [0.15, 0.2) is 0 Å². The molecular weight excluding hydrogens is 359 g/mol. The summed E-state index contributed by atoms with van der Waals surface area (Å²) < 4.78 is 63.9. The van der Waals surface area contributed by atoms with E-state index in [0.717, 1.165) is 18.2 Å². The molecule has 0 aliphatic rings. The molecule has 0 aromatic heterocycles. The quantitative estimate of drug-likeness (QED) is 0.786. The number of hydrogen-bond donors (Lipinski definition) is 1. The van der Waals surface area contributed by atoms with Crippen molar-refractivity contribution in [1.82, 2.24) is 0 Å². The summed E-state index contributed by atoms with van der Waals surface area (Å²) in [6.07, 6.45) is 0. The van der Waals surface area contributed by atoms with Gasteiger partial charge in [0.25, 0.3) is 15.8 Å². The van der Waals surface area contributed by atoms with Crippen LogP contribution in [0.3, 0.4) is 0 Å². The summed E-state index contributed by atoms with van der Waals surface area (Å²) in [6, 6.07) is 8.45. The van der Waals surface area contributed by atoms with Crippen molar-refractivity contribution in [2.45, 2.75) is 15.5 Å². The summed E-state index contributed by atoms with van der Waals surface area (Å²) in [4.78, 5) is 0.104.